The van der Waals surface area contributed by atoms with Gasteiger partial charge in [-0.15, -0.1) is 0 Å². The highest BCUT2D eigenvalue weighted by Crippen LogP contribution is 2.17. The summed E-state index contributed by atoms with van der Waals surface area (Å²) in [5.41, 5.74) is 2.25. The van der Waals surface area contributed by atoms with Gasteiger partial charge in [0.2, 0.25) is 0 Å². The first-order valence-corrected chi connectivity index (χ1v) is 9.06. The molecule has 0 aliphatic carbocycles. The first-order valence-electron chi connectivity index (χ1n) is 9.06. The molecule has 3 rings (SSSR count). The number of nitrogens with one attached hydrogen (secondary N) is 1. The lowest BCUT2D eigenvalue weighted by Gasteiger charge is -2.35. The summed E-state index contributed by atoms with van der Waals surface area (Å²) in [5.74, 6) is 1.00. The Morgan fingerprint density at radius 1 is 1.12 bits per heavy atom. The van der Waals surface area contributed by atoms with Crippen molar-refractivity contribution >= 4 is 17.4 Å². The van der Waals surface area contributed by atoms with E-state index >= 15 is 0 Å². The quantitative estimate of drug-likeness (QED) is 0.864. The van der Waals surface area contributed by atoms with E-state index in [2.05, 4.69) is 27.0 Å². The van der Waals surface area contributed by atoms with Crippen LogP contribution in [0.1, 0.15) is 12.5 Å². The number of aryl methyl sites for hydroxylation is 1. The summed E-state index contributed by atoms with van der Waals surface area (Å²) >= 11 is 0. The van der Waals surface area contributed by atoms with E-state index in [0.717, 1.165) is 44.0 Å². The van der Waals surface area contributed by atoms with Gasteiger partial charge in [-0.05, 0) is 37.7 Å². The second kappa shape index (κ2) is 8.67. The minimum atomic E-state index is -0.220. The third kappa shape index (κ3) is 4.95. The molecule has 0 atom stereocenters. The number of nitrogens with zero attached hydrogens (tertiary/aromatic N) is 3. The topological polar surface area (TPSA) is 57.7 Å². The Morgan fingerprint density at radius 2 is 1.85 bits per heavy atom. The van der Waals surface area contributed by atoms with Crippen LogP contribution in [-0.2, 0) is 4.79 Å². The molecule has 6 nitrogen and oxygen atoms in total. The average Bonchev–Trinajstić information content (AvgIpc) is 2.68. The standard InChI is InChI=1S/C20H26N4O2/c1-3-23-10-12-24(13-11-23)17-6-9-19(21-14-17)22-20(25)15-26-18-7-4-16(2)5-8-18/h4-9,14H,3,10-13,15H2,1-2H3,(H,21,22,25). The van der Waals surface area contributed by atoms with Crippen molar-refractivity contribution in [1.29, 1.82) is 0 Å². The number of aromatic nitrogens is 1. The fourth-order valence-electron chi connectivity index (χ4n) is 2.93. The van der Waals surface area contributed by atoms with Crippen molar-refractivity contribution in [3.63, 3.8) is 0 Å². The molecule has 0 spiro atoms. The Balaban J connectivity index is 1.47. The van der Waals surface area contributed by atoms with Crippen molar-refractivity contribution in [1.82, 2.24) is 9.88 Å². The van der Waals surface area contributed by atoms with Gasteiger partial charge in [0.15, 0.2) is 6.61 Å². The molecule has 2 aromatic rings. The van der Waals surface area contributed by atoms with Gasteiger partial charge in [0.05, 0.1) is 11.9 Å². The summed E-state index contributed by atoms with van der Waals surface area (Å²) in [5, 5.41) is 2.77. The van der Waals surface area contributed by atoms with Crippen LogP contribution in [0.4, 0.5) is 11.5 Å². The maximum atomic E-state index is 12.0. The van der Waals surface area contributed by atoms with Gasteiger partial charge in [0.1, 0.15) is 11.6 Å². The monoisotopic (exact) mass is 354 g/mol. The SMILES string of the molecule is CCN1CCN(c2ccc(NC(=O)COc3ccc(C)cc3)nc2)CC1. The van der Waals surface area contributed by atoms with E-state index in [1.165, 1.54) is 0 Å². The smallest absolute Gasteiger partial charge is 0.263 e. The van der Waals surface area contributed by atoms with Crippen LogP contribution >= 0.6 is 0 Å². The van der Waals surface area contributed by atoms with Crippen LogP contribution in [-0.4, -0.2) is 55.1 Å². The fraction of sp³-hybridized carbons (Fsp3) is 0.400. The van der Waals surface area contributed by atoms with Crippen LogP contribution < -0.4 is 15.0 Å². The van der Waals surface area contributed by atoms with E-state index < -0.39 is 0 Å². The summed E-state index contributed by atoms with van der Waals surface area (Å²) in [6.45, 7) is 9.42. The molecule has 1 N–H and O–H groups in total. The van der Waals surface area contributed by atoms with Crippen molar-refractivity contribution in [2.45, 2.75) is 13.8 Å². The van der Waals surface area contributed by atoms with Crippen LogP contribution in [0.3, 0.4) is 0 Å². The van der Waals surface area contributed by atoms with Gasteiger partial charge in [0, 0.05) is 26.2 Å². The molecule has 1 amide bonds. The molecule has 0 unspecified atom stereocenters. The Bertz CT molecular complexity index is 708. The second-order valence-electron chi connectivity index (χ2n) is 6.47. The molecule has 1 aromatic carbocycles. The molecule has 0 saturated carbocycles. The second-order valence-corrected chi connectivity index (χ2v) is 6.47. The van der Waals surface area contributed by atoms with Gasteiger partial charge in [-0.3, -0.25) is 4.79 Å². The zero-order valence-electron chi connectivity index (χ0n) is 15.4. The number of benzene rings is 1. The summed E-state index contributed by atoms with van der Waals surface area (Å²) in [7, 11) is 0. The predicted octanol–water partition coefficient (Wildman–Crippen LogP) is 2.55. The van der Waals surface area contributed by atoms with E-state index in [0.29, 0.717) is 11.6 Å². The summed E-state index contributed by atoms with van der Waals surface area (Å²) < 4.78 is 5.48. The Kier molecular flexibility index (Phi) is 6.07. The summed E-state index contributed by atoms with van der Waals surface area (Å²) in [6.07, 6.45) is 1.82. The molecule has 138 valence electrons. The zero-order valence-corrected chi connectivity index (χ0v) is 15.4. The molecule has 2 heterocycles. The van der Waals surface area contributed by atoms with E-state index in [1.807, 2.05) is 49.5 Å². The van der Waals surface area contributed by atoms with Gasteiger partial charge in [-0.2, -0.15) is 0 Å². The Hall–Kier alpha value is -2.60. The number of hydrogen-bond acceptors (Lipinski definition) is 5. The molecular formula is C20H26N4O2. The van der Waals surface area contributed by atoms with Gasteiger partial charge in [-0.25, -0.2) is 4.98 Å². The van der Waals surface area contributed by atoms with Crippen LogP contribution in [0, 0.1) is 6.92 Å². The maximum Gasteiger partial charge on any atom is 0.263 e. The lowest BCUT2D eigenvalue weighted by atomic mass is 10.2. The molecule has 1 aromatic heterocycles. The van der Waals surface area contributed by atoms with Gasteiger partial charge in [0.25, 0.3) is 5.91 Å². The number of likely N-dealkylation sites (N-methyl/N-ethyl adjacent to an activating group) is 1. The third-order valence-electron chi connectivity index (χ3n) is 4.59. The number of hydrogen-bond donors (Lipinski definition) is 1. The molecule has 1 saturated heterocycles. The Labute approximate surface area is 154 Å². The van der Waals surface area contributed by atoms with Crippen molar-refractivity contribution < 1.29 is 9.53 Å². The van der Waals surface area contributed by atoms with Crippen LogP contribution in [0.5, 0.6) is 5.75 Å². The minimum absolute atomic E-state index is 0.0362. The lowest BCUT2D eigenvalue weighted by Crippen LogP contribution is -2.46. The highest BCUT2D eigenvalue weighted by Gasteiger charge is 2.16. The normalized spacial score (nSPS) is 14.9. The van der Waals surface area contributed by atoms with Crippen molar-refractivity contribution in [3.05, 3.63) is 48.2 Å². The van der Waals surface area contributed by atoms with Crippen molar-refractivity contribution in [3.8, 4) is 5.75 Å². The molecule has 1 fully saturated rings. The third-order valence-corrected chi connectivity index (χ3v) is 4.59. The highest BCUT2D eigenvalue weighted by molar-refractivity contribution is 5.91. The molecule has 1 aliphatic heterocycles. The number of carbonyl (C=O) groups excluding carboxylic acids is 1. The zero-order chi connectivity index (χ0) is 18.4. The number of pyridine rings is 1. The lowest BCUT2D eigenvalue weighted by molar-refractivity contribution is -0.118. The molecule has 26 heavy (non-hydrogen) atoms. The van der Waals surface area contributed by atoms with E-state index in [4.69, 9.17) is 4.74 Å². The first kappa shape index (κ1) is 18.2. The average molecular weight is 354 g/mol. The number of piperazine rings is 1. The summed E-state index contributed by atoms with van der Waals surface area (Å²) in [6, 6.07) is 11.5. The molecule has 0 bridgehead atoms. The van der Waals surface area contributed by atoms with Crippen molar-refractivity contribution in [2.24, 2.45) is 0 Å². The predicted molar refractivity (Wildman–Crippen MR) is 104 cm³/mol. The summed E-state index contributed by atoms with van der Waals surface area (Å²) in [4.78, 5) is 21.1. The molecule has 6 heteroatoms. The fourth-order valence-corrected chi connectivity index (χ4v) is 2.93. The maximum absolute atomic E-state index is 12.0. The first-order chi connectivity index (χ1) is 12.6. The van der Waals surface area contributed by atoms with E-state index in [-0.39, 0.29) is 12.5 Å². The number of ether oxygens (including phenoxy) is 1. The highest BCUT2D eigenvalue weighted by atomic mass is 16.5. The van der Waals surface area contributed by atoms with Gasteiger partial charge in [-0.1, -0.05) is 24.6 Å². The van der Waals surface area contributed by atoms with E-state index in [1.54, 1.807) is 0 Å². The van der Waals surface area contributed by atoms with Gasteiger partial charge < -0.3 is 19.9 Å². The molecule has 0 radical (unpaired) electrons. The largest absolute Gasteiger partial charge is 0.484 e. The number of amides is 1. The molecular weight excluding hydrogens is 328 g/mol. The van der Waals surface area contributed by atoms with Crippen molar-refractivity contribution in [2.75, 3.05) is 49.5 Å². The van der Waals surface area contributed by atoms with Crippen LogP contribution in [0.2, 0.25) is 0 Å². The number of carbonyl (C=O) groups is 1. The number of anilines is 2. The van der Waals surface area contributed by atoms with Gasteiger partial charge >= 0.3 is 0 Å². The van der Waals surface area contributed by atoms with E-state index in [9.17, 15) is 4.79 Å². The van der Waals surface area contributed by atoms with Crippen LogP contribution in [0.15, 0.2) is 42.6 Å². The Morgan fingerprint density at radius 3 is 2.46 bits per heavy atom. The number of rotatable bonds is 6. The minimum Gasteiger partial charge on any atom is -0.484 e. The molecule has 1 aliphatic rings. The van der Waals surface area contributed by atoms with Crippen LogP contribution in [0.25, 0.3) is 0 Å².